The van der Waals surface area contributed by atoms with Gasteiger partial charge in [-0.05, 0) is 19.8 Å². The first-order valence-electron chi connectivity index (χ1n) is 6.11. The number of rotatable bonds is 4. The summed E-state index contributed by atoms with van der Waals surface area (Å²) in [5.41, 5.74) is -0.738. The van der Waals surface area contributed by atoms with E-state index in [-0.39, 0.29) is 19.1 Å². The van der Waals surface area contributed by atoms with Crippen LogP contribution in [-0.4, -0.2) is 33.4 Å². The van der Waals surface area contributed by atoms with Crippen molar-refractivity contribution in [1.82, 2.24) is 20.8 Å². The third-order valence-corrected chi connectivity index (χ3v) is 3.08. The topological polar surface area (TPSA) is 100 Å². The van der Waals surface area contributed by atoms with Crippen molar-refractivity contribution >= 4 is 6.03 Å². The average Bonchev–Trinajstić information content (AvgIpc) is 2.94. The molecule has 1 saturated carbocycles. The van der Waals surface area contributed by atoms with E-state index in [0.717, 1.165) is 25.7 Å². The number of nitrogens with zero attached hydrogens (tertiary/aromatic N) is 2. The molecule has 2 amide bonds. The van der Waals surface area contributed by atoms with E-state index in [1.165, 1.54) is 0 Å². The largest absolute Gasteiger partial charge is 0.388 e. The summed E-state index contributed by atoms with van der Waals surface area (Å²) >= 11 is 0. The van der Waals surface area contributed by atoms with Gasteiger partial charge >= 0.3 is 6.03 Å². The number of aromatic nitrogens is 2. The molecule has 0 aromatic carbocycles. The Morgan fingerprint density at radius 1 is 1.44 bits per heavy atom. The number of amides is 2. The Bertz CT molecular complexity index is 412. The van der Waals surface area contributed by atoms with Crippen molar-refractivity contribution in [1.29, 1.82) is 0 Å². The SMILES string of the molecule is Cc1noc(CNC(=O)NCC2(O)CCCC2)n1. The Kier molecular flexibility index (Phi) is 3.81. The lowest BCUT2D eigenvalue weighted by molar-refractivity contribution is 0.0501. The molecule has 100 valence electrons. The fraction of sp³-hybridized carbons (Fsp3) is 0.727. The molecule has 0 atom stereocenters. The van der Waals surface area contributed by atoms with Crippen LogP contribution in [0.5, 0.6) is 0 Å². The molecule has 0 bridgehead atoms. The molecular weight excluding hydrogens is 236 g/mol. The van der Waals surface area contributed by atoms with E-state index < -0.39 is 5.60 Å². The summed E-state index contributed by atoms with van der Waals surface area (Å²) in [7, 11) is 0. The summed E-state index contributed by atoms with van der Waals surface area (Å²) in [5, 5.41) is 18.9. The maximum atomic E-state index is 11.5. The van der Waals surface area contributed by atoms with Crippen LogP contribution < -0.4 is 10.6 Å². The number of nitrogens with one attached hydrogen (secondary N) is 2. The van der Waals surface area contributed by atoms with Gasteiger partial charge in [0.25, 0.3) is 0 Å². The first-order valence-corrected chi connectivity index (χ1v) is 6.11. The Balaban J connectivity index is 1.69. The summed E-state index contributed by atoms with van der Waals surface area (Å²) in [6.45, 7) is 2.18. The second-order valence-electron chi connectivity index (χ2n) is 4.70. The molecular formula is C11H18N4O3. The number of carbonyl (C=O) groups is 1. The maximum absolute atomic E-state index is 11.5. The molecule has 1 aromatic rings. The summed E-state index contributed by atoms with van der Waals surface area (Å²) in [6.07, 6.45) is 3.52. The average molecular weight is 254 g/mol. The van der Waals surface area contributed by atoms with Crippen LogP contribution in [0.15, 0.2) is 4.52 Å². The van der Waals surface area contributed by atoms with Gasteiger partial charge in [-0.15, -0.1) is 0 Å². The molecule has 3 N–H and O–H groups in total. The second kappa shape index (κ2) is 5.34. The van der Waals surface area contributed by atoms with Gasteiger partial charge in [-0.25, -0.2) is 4.79 Å². The van der Waals surface area contributed by atoms with E-state index in [1.54, 1.807) is 6.92 Å². The predicted molar refractivity (Wildman–Crippen MR) is 62.7 cm³/mol. The minimum Gasteiger partial charge on any atom is -0.388 e. The normalized spacial score (nSPS) is 17.7. The van der Waals surface area contributed by atoms with Crippen molar-refractivity contribution in [3.05, 3.63) is 11.7 Å². The van der Waals surface area contributed by atoms with Crippen LogP contribution in [0.4, 0.5) is 4.79 Å². The lowest BCUT2D eigenvalue weighted by Gasteiger charge is -2.22. The van der Waals surface area contributed by atoms with Gasteiger partial charge in [0.2, 0.25) is 5.89 Å². The van der Waals surface area contributed by atoms with Crippen LogP contribution in [0.1, 0.15) is 37.4 Å². The fourth-order valence-electron chi connectivity index (χ4n) is 2.08. The minimum atomic E-state index is -0.738. The zero-order valence-corrected chi connectivity index (χ0v) is 10.4. The van der Waals surface area contributed by atoms with Crippen molar-refractivity contribution in [2.75, 3.05) is 6.54 Å². The van der Waals surface area contributed by atoms with Crippen molar-refractivity contribution in [2.45, 2.75) is 44.8 Å². The smallest absolute Gasteiger partial charge is 0.315 e. The molecule has 2 rings (SSSR count). The van der Waals surface area contributed by atoms with Gasteiger partial charge in [-0.2, -0.15) is 4.98 Å². The highest BCUT2D eigenvalue weighted by molar-refractivity contribution is 5.73. The monoisotopic (exact) mass is 254 g/mol. The minimum absolute atomic E-state index is 0.186. The molecule has 7 heteroatoms. The van der Waals surface area contributed by atoms with E-state index in [0.29, 0.717) is 11.7 Å². The highest BCUT2D eigenvalue weighted by Crippen LogP contribution is 2.28. The Morgan fingerprint density at radius 3 is 2.78 bits per heavy atom. The molecule has 1 aromatic heterocycles. The number of hydrogen-bond donors (Lipinski definition) is 3. The van der Waals surface area contributed by atoms with E-state index >= 15 is 0 Å². The van der Waals surface area contributed by atoms with E-state index in [2.05, 4.69) is 20.8 Å². The van der Waals surface area contributed by atoms with Gasteiger partial charge in [0, 0.05) is 6.54 Å². The van der Waals surface area contributed by atoms with Crippen molar-refractivity contribution in [2.24, 2.45) is 0 Å². The van der Waals surface area contributed by atoms with Gasteiger partial charge in [-0.1, -0.05) is 18.0 Å². The lowest BCUT2D eigenvalue weighted by atomic mass is 10.0. The van der Waals surface area contributed by atoms with E-state index in [9.17, 15) is 9.90 Å². The van der Waals surface area contributed by atoms with Gasteiger partial charge in [0.05, 0.1) is 12.1 Å². The number of hydrogen-bond acceptors (Lipinski definition) is 5. The van der Waals surface area contributed by atoms with Crippen LogP contribution in [0.25, 0.3) is 0 Å². The number of aliphatic hydroxyl groups is 1. The molecule has 1 aliphatic rings. The van der Waals surface area contributed by atoms with E-state index in [4.69, 9.17) is 4.52 Å². The van der Waals surface area contributed by atoms with Crippen LogP contribution in [0.3, 0.4) is 0 Å². The van der Waals surface area contributed by atoms with Gasteiger partial charge in [0.1, 0.15) is 0 Å². The quantitative estimate of drug-likeness (QED) is 0.725. The maximum Gasteiger partial charge on any atom is 0.315 e. The molecule has 7 nitrogen and oxygen atoms in total. The van der Waals surface area contributed by atoms with Crippen molar-refractivity contribution in [3.8, 4) is 0 Å². The molecule has 1 heterocycles. The fourth-order valence-corrected chi connectivity index (χ4v) is 2.08. The summed E-state index contributed by atoms with van der Waals surface area (Å²) in [5.74, 6) is 0.898. The Hall–Kier alpha value is -1.63. The zero-order chi connectivity index (χ0) is 13.0. The Labute approximate surface area is 105 Å². The van der Waals surface area contributed by atoms with Crippen LogP contribution in [0, 0.1) is 6.92 Å². The number of urea groups is 1. The highest BCUT2D eigenvalue weighted by Gasteiger charge is 2.31. The molecule has 0 unspecified atom stereocenters. The molecule has 18 heavy (non-hydrogen) atoms. The van der Waals surface area contributed by atoms with Crippen molar-refractivity contribution < 1.29 is 14.4 Å². The van der Waals surface area contributed by atoms with Crippen molar-refractivity contribution in [3.63, 3.8) is 0 Å². The molecule has 0 aliphatic heterocycles. The first kappa shape index (κ1) is 12.8. The van der Waals surface area contributed by atoms with Gasteiger partial charge in [-0.3, -0.25) is 0 Å². The molecule has 0 radical (unpaired) electrons. The van der Waals surface area contributed by atoms with Crippen LogP contribution in [-0.2, 0) is 6.54 Å². The molecule has 0 spiro atoms. The third-order valence-electron chi connectivity index (χ3n) is 3.08. The molecule has 1 aliphatic carbocycles. The number of aryl methyl sites for hydroxylation is 1. The van der Waals surface area contributed by atoms with E-state index in [1.807, 2.05) is 0 Å². The van der Waals surface area contributed by atoms with Gasteiger partial charge < -0.3 is 20.3 Å². The van der Waals surface area contributed by atoms with Crippen LogP contribution in [0.2, 0.25) is 0 Å². The van der Waals surface area contributed by atoms with Crippen LogP contribution >= 0.6 is 0 Å². The predicted octanol–water partition coefficient (Wildman–Crippen LogP) is 0.482. The summed E-state index contributed by atoms with van der Waals surface area (Å²) in [6, 6.07) is -0.342. The lowest BCUT2D eigenvalue weighted by Crippen LogP contribution is -2.44. The summed E-state index contributed by atoms with van der Waals surface area (Å²) < 4.78 is 4.86. The molecule has 1 fully saturated rings. The zero-order valence-electron chi connectivity index (χ0n) is 10.4. The third kappa shape index (κ3) is 3.43. The Morgan fingerprint density at radius 2 is 2.17 bits per heavy atom. The summed E-state index contributed by atoms with van der Waals surface area (Å²) in [4.78, 5) is 15.5. The van der Waals surface area contributed by atoms with Gasteiger partial charge in [0.15, 0.2) is 5.82 Å². The standard InChI is InChI=1S/C11H18N4O3/c1-8-14-9(18-15-8)6-12-10(16)13-7-11(17)4-2-3-5-11/h17H,2-7H2,1H3,(H2,12,13,16). The molecule has 0 saturated heterocycles. The number of carbonyl (C=O) groups excluding carboxylic acids is 1. The highest BCUT2D eigenvalue weighted by atomic mass is 16.5. The second-order valence-corrected chi connectivity index (χ2v) is 4.70. The first-order chi connectivity index (χ1) is 8.57.